The van der Waals surface area contributed by atoms with Crippen molar-refractivity contribution in [2.24, 2.45) is 5.73 Å². The summed E-state index contributed by atoms with van der Waals surface area (Å²) in [5, 5.41) is 0.796. The maximum absolute atomic E-state index is 6.09. The van der Waals surface area contributed by atoms with Crippen molar-refractivity contribution in [3.63, 3.8) is 0 Å². The van der Waals surface area contributed by atoms with Crippen molar-refractivity contribution in [1.29, 1.82) is 0 Å². The minimum Gasteiger partial charge on any atom is -0.383 e. The number of aryl methyl sites for hydroxylation is 1. The minimum atomic E-state index is -0.324. The van der Waals surface area contributed by atoms with Gasteiger partial charge in [0.2, 0.25) is 0 Å². The Morgan fingerprint density at radius 3 is 2.67 bits per heavy atom. The topological polar surface area (TPSA) is 35.2 Å². The largest absolute Gasteiger partial charge is 0.383 e. The average molecular weight is 228 g/mol. The zero-order chi connectivity index (χ0) is 11.5. The van der Waals surface area contributed by atoms with Crippen molar-refractivity contribution in [2.75, 3.05) is 13.7 Å². The van der Waals surface area contributed by atoms with E-state index in [0.29, 0.717) is 6.61 Å². The van der Waals surface area contributed by atoms with Crippen molar-refractivity contribution in [1.82, 2.24) is 0 Å². The van der Waals surface area contributed by atoms with Gasteiger partial charge in [0.05, 0.1) is 6.61 Å². The van der Waals surface area contributed by atoms with Gasteiger partial charge in [-0.25, -0.2) is 0 Å². The summed E-state index contributed by atoms with van der Waals surface area (Å²) in [6.45, 7) is 4.53. The molecule has 3 heteroatoms. The van der Waals surface area contributed by atoms with Crippen LogP contribution in [-0.4, -0.2) is 19.3 Å². The lowest BCUT2D eigenvalue weighted by atomic mass is 9.94. The highest BCUT2D eigenvalue weighted by atomic mass is 35.5. The van der Waals surface area contributed by atoms with Crippen LogP contribution in [0.1, 0.15) is 18.1 Å². The first-order chi connectivity index (χ1) is 6.94. The van der Waals surface area contributed by atoms with Gasteiger partial charge in [-0.1, -0.05) is 23.7 Å². The Bertz CT molecular complexity index is 336. The van der Waals surface area contributed by atoms with Crippen LogP contribution in [0, 0.1) is 6.92 Å². The normalized spacial score (nSPS) is 15.0. The van der Waals surface area contributed by atoms with E-state index in [-0.39, 0.29) is 5.54 Å². The smallest absolute Gasteiger partial charge is 0.0642 e. The highest BCUT2D eigenvalue weighted by molar-refractivity contribution is 6.31. The first kappa shape index (κ1) is 12.5. The van der Waals surface area contributed by atoms with Gasteiger partial charge in [-0.15, -0.1) is 0 Å². The molecule has 1 aromatic rings. The van der Waals surface area contributed by atoms with Crippen LogP contribution < -0.4 is 5.73 Å². The number of rotatable bonds is 4. The van der Waals surface area contributed by atoms with E-state index in [4.69, 9.17) is 22.1 Å². The monoisotopic (exact) mass is 227 g/mol. The third kappa shape index (κ3) is 3.82. The lowest BCUT2D eigenvalue weighted by molar-refractivity contribution is 0.141. The van der Waals surface area contributed by atoms with Gasteiger partial charge in [0, 0.05) is 17.7 Å². The van der Waals surface area contributed by atoms with Gasteiger partial charge >= 0.3 is 0 Å². The Balaban J connectivity index is 2.76. The second kappa shape index (κ2) is 4.97. The Morgan fingerprint density at radius 1 is 1.47 bits per heavy atom. The number of benzene rings is 1. The molecule has 1 rings (SSSR count). The van der Waals surface area contributed by atoms with Crippen LogP contribution in [0.15, 0.2) is 18.2 Å². The van der Waals surface area contributed by atoms with E-state index in [1.54, 1.807) is 7.11 Å². The molecular weight excluding hydrogens is 210 g/mol. The van der Waals surface area contributed by atoms with Crippen LogP contribution >= 0.6 is 11.6 Å². The lowest BCUT2D eigenvalue weighted by Gasteiger charge is -2.23. The second-order valence-electron chi connectivity index (χ2n) is 4.35. The van der Waals surface area contributed by atoms with Crippen LogP contribution in [0.4, 0.5) is 0 Å². The fourth-order valence-corrected chi connectivity index (χ4v) is 1.78. The fourth-order valence-electron chi connectivity index (χ4n) is 1.66. The lowest BCUT2D eigenvalue weighted by Crippen LogP contribution is -2.43. The molecule has 1 atom stereocenters. The van der Waals surface area contributed by atoms with E-state index in [1.165, 1.54) is 5.56 Å². The third-order valence-corrected chi connectivity index (χ3v) is 2.73. The van der Waals surface area contributed by atoms with E-state index in [1.807, 2.05) is 26.0 Å². The molecule has 15 heavy (non-hydrogen) atoms. The van der Waals surface area contributed by atoms with Gasteiger partial charge in [-0.05, 0) is 37.5 Å². The van der Waals surface area contributed by atoms with Crippen molar-refractivity contribution in [3.8, 4) is 0 Å². The predicted octanol–water partition coefficient (Wildman–Crippen LogP) is 2.55. The molecule has 0 heterocycles. The molecule has 84 valence electrons. The van der Waals surface area contributed by atoms with Gasteiger partial charge in [0.15, 0.2) is 0 Å². The molecule has 0 aliphatic rings. The number of halogens is 1. The van der Waals surface area contributed by atoms with Crippen LogP contribution in [-0.2, 0) is 11.2 Å². The van der Waals surface area contributed by atoms with Crippen molar-refractivity contribution in [2.45, 2.75) is 25.8 Å². The predicted molar refractivity (Wildman–Crippen MR) is 64.4 cm³/mol. The Labute approximate surface area is 96.4 Å². The molecule has 0 radical (unpaired) electrons. The molecule has 0 saturated carbocycles. The average Bonchev–Trinajstić information content (AvgIpc) is 2.10. The first-order valence-electron chi connectivity index (χ1n) is 4.97. The van der Waals surface area contributed by atoms with E-state index >= 15 is 0 Å². The Kier molecular flexibility index (Phi) is 4.14. The fraction of sp³-hybridized carbons (Fsp3) is 0.500. The quantitative estimate of drug-likeness (QED) is 0.858. The van der Waals surface area contributed by atoms with Gasteiger partial charge < -0.3 is 10.5 Å². The molecule has 0 fully saturated rings. The summed E-state index contributed by atoms with van der Waals surface area (Å²) in [6, 6.07) is 5.99. The van der Waals surface area contributed by atoms with E-state index in [2.05, 4.69) is 6.07 Å². The van der Waals surface area contributed by atoms with Crippen LogP contribution in [0.25, 0.3) is 0 Å². The zero-order valence-electron chi connectivity index (χ0n) is 9.51. The summed E-state index contributed by atoms with van der Waals surface area (Å²) in [6.07, 6.45) is 0.791. The maximum Gasteiger partial charge on any atom is 0.0642 e. The summed E-state index contributed by atoms with van der Waals surface area (Å²) >= 11 is 5.96. The molecule has 0 bridgehead atoms. The standard InChI is InChI=1S/C12H18ClNO/c1-9-6-10(4-5-11(9)13)7-12(2,14)8-15-3/h4-6H,7-8,14H2,1-3H3. The van der Waals surface area contributed by atoms with Crippen LogP contribution in [0.5, 0.6) is 0 Å². The zero-order valence-corrected chi connectivity index (χ0v) is 10.3. The van der Waals surface area contributed by atoms with Gasteiger partial charge in [0.25, 0.3) is 0 Å². The second-order valence-corrected chi connectivity index (χ2v) is 4.75. The molecule has 0 aliphatic heterocycles. The van der Waals surface area contributed by atoms with Gasteiger partial charge in [-0.3, -0.25) is 0 Å². The Hall–Kier alpha value is -0.570. The number of ether oxygens (including phenoxy) is 1. The molecule has 0 aromatic heterocycles. The summed E-state index contributed by atoms with van der Waals surface area (Å²) < 4.78 is 5.08. The highest BCUT2D eigenvalue weighted by Crippen LogP contribution is 2.19. The molecule has 1 aromatic carbocycles. The van der Waals surface area contributed by atoms with E-state index in [9.17, 15) is 0 Å². The summed E-state index contributed by atoms with van der Waals surface area (Å²) in [7, 11) is 1.66. The molecule has 1 unspecified atom stereocenters. The van der Waals surface area contributed by atoms with E-state index in [0.717, 1.165) is 17.0 Å². The first-order valence-corrected chi connectivity index (χ1v) is 5.35. The van der Waals surface area contributed by atoms with Crippen molar-refractivity contribution < 1.29 is 4.74 Å². The van der Waals surface area contributed by atoms with Gasteiger partial charge in [0.1, 0.15) is 0 Å². The number of hydrogen-bond acceptors (Lipinski definition) is 2. The molecule has 0 saturated heterocycles. The number of hydrogen-bond donors (Lipinski definition) is 1. The van der Waals surface area contributed by atoms with Crippen molar-refractivity contribution >= 4 is 11.6 Å². The van der Waals surface area contributed by atoms with Crippen LogP contribution in [0.2, 0.25) is 5.02 Å². The highest BCUT2D eigenvalue weighted by Gasteiger charge is 2.18. The molecule has 2 nitrogen and oxygen atoms in total. The molecule has 0 amide bonds. The van der Waals surface area contributed by atoms with Crippen molar-refractivity contribution in [3.05, 3.63) is 34.3 Å². The summed E-state index contributed by atoms with van der Waals surface area (Å²) in [4.78, 5) is 0. The molecular formula is C12H18ClNO. The third-order valence-electron chi connectivity index (χ3n) is 2.30. The maximum atomic E-state index is 6.09. The number of nitrogens with two attached hydrogens (primary N) is 1. The van der Waals surface area contributed by atoms with Gasteiger partial charge in [-0.2, -0.15) is 0 Å². The van der Waals surface area contributed by atoms with E-state index < -0.39 is 0 Å². The van der Waals surface area contributed by atoms with Crippen LogP contribution in [0.3, 0.4) is 0 Å². The molecule has 0 aliphatic carbocycles. The summed E-state index contributed by atoms with van der Waals surface area (Å²) in [5.74, 6) is 0. The minimum absolute atomic E-state index is 0.324. The Morgan fingerprint density at radius 2 is 2.13 bits per heavy atom. The number of methoxy groups -OCH3 is 1. The molecule has 0 spiro atoms. The SMILES string of the molecule is COCC(C)(N)Cc1ccc(Cl)c(C)c1. The summed E-state index contributed by atoms with van der Waals surface area (Å²) in [5.41, 5.74) is 8.04. The molecule has 2 N–H and O–H groups in total.